The molecule has 0 amide bonds. The van der Waals surface area contributed by atoms with E-state index in [0.29, 0.717) is 22.5 Å². The van der Waals surface area contributed by atoms with E-state index in [-0.39, 0.29) is 12.2 Å². The van der Waals surface area contributed by atoms with Crippen LogP contribution >= 0.6 is 0 Å². The molecule has 1 heterocycles. The minimum absolute atomic E-state index is 0.201. The number of benzene rings is 1. The van der Waals surface area contributed by atoms with Gasteiger partial charge in [0.15, 0.2) is 5.69 Å². The Labute approximate surface area is 133 Å². The number of carbonyl (C=O) groups is 1. The number of carbonyl (C=O) groups excluding carboxylic acids is 1. The first-order valence-corrected chi connectivity index (χ1v) is 6.92. The van der Waals surface area contributed by atoms with Gasteiger partial charge in [-0.05, 0) is 32.0 Å². The molecule has 7 nitrogen and oxygen atoms in total. The summed E-state index contributed by atoms with van der Waals surface area (Å²) in [6.45, 7) is 3.56. The number of esters is 1. The van der Waals surface area contributed by atoms with E-state index in [9.17, 15) is 15.2 Å². The van der Waals surface area contributed by atoms with E-state index in [1.54, 1.807) is 30.5 Å². The summed E-state index contributed by atoms with van der Waals surface area (Å²) in [7, 11) is 1.29. The number of aromatic nitrogens is 2. The standard InChI is InChI=1S/C16H18N4O3/c1-16(2,22)8-20-9-19-13(7-17)14(20)11-5-4-10(6-12(11)18)15(21)23-3/h4-6,9,22H,8,18H2,1-3H3. The van der Waals surface area contributed by atoms with Crippen LogP contribution in [0, 0.1) is 11.3 Å². The van der Waals surface area contributed by atoms with Crippen molar-refractivity contribution < 1.29 is 14.6 Å². The van der Waals surface area contributed by atoms with Gasteiger partial charge in [-0.15, -0.1) is 0 Å². The molecule has 0 saturated heterocycles. The fraction of sp³-hybridized carbons (Fsp3) is 0.312. The quantitative estimate of drug-likeness (QED) is 0.654. The lowest BCUT2D eigenvalue weighted by Gasteiger charge is -2.20. The van der Waals surface area contributed by atoms with Crippen LogP contribution in [0.2, 0.25) is 0 Å². The Morgan fingerprint density at radius 1 is 1.52 bits per heavy atom. The average molecular weight is 314 g/mol. The lowest BCUT2D eigenvalue weighted by molar-refractivity contribution is 0.0598. The number of hydrogen-bond donors (Lipinski definition) is 2. The van der Waals surface area contributed by atoms with Crippen LogP contribution in [0.3, 0.4) is 0 Å². The van der Waals surface area contributed by atoms with E-state index >= 15 is 0 Å². The van der Waals surface area contributed by atoms with Gasteiger partial charge in [-0.3, -0.25) is 0 Å². The first kappa shape index (κ1) is 16.5. The SMILES string of the molecule is COC(=O)c1ccc(-c2c(C#N)ncn2CC(C)(C)O)c(N)c1. The lowest BCUT2D eigenvalue weighted by atomic mass is 10.0. The van der Waals surface area contributed by atoms with E-state index in [4.69, 9.17) is 5.73 Å². The molecule has 1 aromatic heterocycles. The van der Waals surface area contributed by atoms with E-state index in [0.717, 1.165) is 0 Å². The molecule has 0 bridgehead atoms. The van der Waals surface area contributed by atoms with Gasteiger partial charge >= 0.3 is 5.97 Å². The molecule has 120 valence electrons. The summed E-state index contributed by atoms with van der Waals surface area (Å²) >= 11 is 0. The zero-order valence-electron chi connectivity index (χ0n) is 13.2. The van der Waals surface area contributed by atoms with E-state index < -0.39 is 11.6 Å². The highest BCUT2D eigenvalue weighted by Gasteiger charge is 2.21. The summed E-state index contributed by atoms with van der Waals surface area (Å²) < 4.78 is 6.33. The van der Waals surface area contributed by atoms with Crippen molar-refractivity contribution in [2.24, 2.45) is 0 Å². The van der Waals surface area contributed by atoms with Crippen molar-refractivity contribution in [3.05, 3.63) is 35.8 Å². The normalized spacial score (nSPS) is 11.1. The Kier molecular flexibility index (Phi) is 4.38. The van der Waals surface area contributed by atoms with Crippen LogP contribution < -0.4 is 5.73 Å². The highest BCUT2D eigenvalue weighted by atomic mass is 16.5. The number of aliphatic hydroxyl groups is 1. The van der Waals surface area contributed by atoms with Gasteiger partial charge in [-0.25, -0.2) is 9.78 Å². The van der Waals surface area contributed by atoms with Crippen molar-refractivity contribution in [1.82, 2.24) is 9.55 Å². The molecule has 2 aromatic rings. The minimum atomic E-state index is -0.983. The van der Waals surface area contributed by atoms with Crippen LogP contribution in [0.25, 0.3) is 11.3 Å². The highest BCUT2D eigenvalue weighted by Crippen LogP contribution is 2.30. The fourth-order valence-corrected chi connectivity index (χ4v) is 2.31. The number of methoxy groups -OCH3 is 1. The topological polar surface area (TPSA) is 114 Å². The van der Waals surface area contributed by atoms with Crippen LogP contribution in [0.5, 0.6) is 0 Å². The highest BCUT2D eigenvalue weighted by molar-refractivity contribution is 5.92. The molecule has 0 radical (unpaired) electrons. The zero-order chi connectivity index (χ0) is 17.2. The first-order valence-electron chi connectivity index (χ1n) is 6.92. The Morgan fingerprint density at radius 2 is 2.22 bits per heavy atom. The van der Waals surface area contributed by atoms with Crippen molar-refractivity contribution in [2.75, 3.05) is 12.8 Å². The molecule has 0 fully saturated rings. The third kappa shape index (κ3) is 3.49. The third-order valence-electron chi connectivity index (χ3n) is 3.23. The molecule has 0 aliphatic carbocycles. The van der Waals surface area contributed by atoms with Crippen molar-refractivity contribution in [3.63, 3.8) is 0 Å². The number of rotatable bonds is 4. The Hall–Kier alpha value is -2.85. The summed E-state index contributed by atoms with van der Waals surface area (Å²) in [6, 6.07) is 6.71. The van der Waals surface area contributed by atoms with Gasteiger partial charge < -0.3 is 20.1 Å². The third-order valence-corrected chi connectivity index (χ3v) is 3.23. The van der Waals surface area contributed by atoms with Crippen LogP contribution in [0.4, 0.5) is 5.69 Å². The number of nitrogen functional groups attached to an aromatic ring is 1. The Bertz CT molecular complexity index is 782. The molecule has 7 heteroatoms. The molecule has 1 aromatic carbocycles. The molecule has 3 N–H and O–H groups in total. The van der Waals surface area contributed by atoms with Gasteiger partial charge in [-0.2, -0.15) is 5.26 Å². The lowest BCUT2D eigenvalue weighted by Crippen LogP contribution is -2.26. The molecule has 0 spiro atoms. The molecule has 0 unspecified atom stereocenters. The maximum absolute atomic E-state index is 11.6. The summed E-state index contributed by atoms with van der Waals surface area (Å²) in [5.41, 5.74) is 6.97. The predicted molar refractivity (Wildman–Crippen MR) is 84.4 cm³/mol. The second-order valence-electron chi connectivity index (χ2n) is 5.79. The van der Waals surface area contributed by atoms with Crippen LogP contribution in [-0.2, 0) is 11.3 Å². The number of nitriles is 1. The number of imidazole rings is 1. The zero-order valence-corrected chi connectivity index (χ0v) is 13.2. The summed E-state index contributed by atoms with van der Waals surface area (Å²) in [6.07, 6.45) is 1.49. The van der Waals surface area contributed by atoms with E-state index in [2.05, 4.69) is 9.72 Å². The summed E-state index contributed by atoms with van der Waals surface area (Å²) in [5, 5.41) is 19.3. The predicted octanol–water partition coefficient (Wildman–Crippen LogP) is 1.56. The second-order valence-corrected chi connectivity index (χ2v) is 5.79. The molecular weight excluding hydrogens is 296 g/mol. The Morgan fingerprint density at radius 3 is 2.74 bits per heavy atom. The average Bonchev–Trinajstić information content (AvgIpc) is 2.86. The molecule has 0 atom stereocenters. The maximum Gasteiger partial charge on any atom is 0.337 e. The van der Waals surface area contributed by atoms with E-state index in [1.807, 2.05) is 6.07 Å². The molecule has 0 saturated carbocycles. The monoisotopic (exact) mass is 314 g/mol. The molecule has 0 aliphatic heterocycles. The van der Waals surface area contributed by atoms with Gasteiger partial charge in [0, 0.05) is 11.3 Å². The summed E-state index contributed by atoms with van der Waals surface area (Å²) in [4.78, 5) is 15.6. The number of anilines is 1. The Balaban J connectivity index is 2.56. The summed E-state index contributed by atoms with van der Waals surface area (Å²) in [5.74, 6) is -0.492. The molecule has 0 aliphatic rings. The van der Waals surface area contributed by atoms with Gasteiger partial charge in [0.25, 0.3) is 0 Å². The van der Waals surface area contributed by atoms with Crippen LogP contribution in [-0.4, -0.2) is 33.3 Å². The van der Waals surface area contributed by atoms with Crippen molar-refractivity contribution in [3.8, 4) is 17.3 Å². The number of ether oxygens (including phenoxy) is 1. The van der Waals surface area contributed by atoms with Crippen molar-refractivity contribution in [2.45, 2.75) is 26.0 Å². The molecule has 23 heavy (non-hydrogen) atoms. The number of nitrogens with zero attached hydrogens (tertiary/aromatic N) is 3. The molecular formula is C16H18N4O3. The van der Waals surface area contributed by atoms with Crippen LogP contribution in [0.1, 0.15) is 29.9 Å². The van der Waals surface area contributed by atoms with Gasteiger partial charge in [-0.1, -0.05) is 0 Å². The van der Waals surface area contributed by atoms with Gasteiger partial charge in [0.1, 0.15) is 6.07 Å². The van der Waals surface area contributed by atoms with Crippen molar-refractivity contribution in [1.29, 1.82) is 5.26 Å². The first-order chi connectivity index (χ1) is 10.8. The van der Waals surface area contributed by atoms with E-state index in [1.165, 1.54) is 19.5 Å². The largest absolute Gasteiger partial charge is 0.465 e. The number of nitrogens with two attached hydrogens (primary N) is 1. The van der Waals surface area contributed by atoms with Crippen LogP contribution in [0.15, 0.2) is 24.5 Å². The van der Waals surface area contributed by atoms with Crippen molar-refractivity contribution >= 4 is 11.7 Å². The second kappa shape index (κ2) is 6.10. The van der Waals surface area contributed by atoms with Gasteiger partial charge in [0.2, 0.25) is 0 Å². The number of hydrogen-bond acceptors (Lipinski definition) is 6. The molecule has 2 rings (SSSR count). The minimum Gasteiger partial charge on any atom is -0.465 e. The fourth-order valence-electron chi connectivity index (χ4n) is 2.31. The van der Waals surface area contributed by atoms with Gasteiger partial charge in [0.05, 0.1) is 36.8 Å². The smallest absolute Gasteiger partial charge is 0.337 e. The maximum atomic E-state index is 11.6.